The number of benzene rings is 2. The molecule has 0 saturated heterocycles. The molecule has 0 aliphatic carbocycles. The number of carbonyl (C=O) groups is 1. The molecule has 2 nitrogen and oxygen atoms in total. The Hall–Kier alpha value is -1.74. The predicted molar refractivity (Wildman–Crippen MR) is 90.9 cm³/mol. The molecule has 0 aromatic heterocycles. The highest BCUT2D eigenvalue weighted by molar-refractivity contribution is 7.99. The summed E-state index contributed by atoms with van der Waals surface area (Å²) in [7, 11) is 0. The van der Waals surface area contributed by atoms with Gasteiger partial charge in [-0.3, -0.25) is 4.79 Å². The van der Waals surface area contributed by atoms with Crippen LogP contribution in [-0.4, -0.2) is 11.7 Å². The van der Waals surface area contributed by atoms with E-state index in [0.29, 0.717) is 6.42 Å². The van der Waals surface area contributed by atoms with E-state index in [4.69, 9.17) is 0 Å². The van der Waals surface area contributed by atoms with Gasteiger partial charge >= 0.3 is 0 Å². The zero-order valence-electron chi connectivity index (χ0n) is 12.6. The monoisotopic (exact) mass is 299 g/mol. The summed E-state index contributed by atoms with van der Waals surface area (Å²) in [6, 6.07) is 16.4. The van der Waals surface area contributed by atoms with Crippen molar-refractivity contribution >= 4 is 23.4 Å². The number of carbonyl (C=O) groups excluding carboxylic acids is 1. The third-order valence-electron chi connectivity index (χ3n) is 3.17. The molecule has 0 spiro atoms. The van der Waals surface area contributed by atoms with Crippen molar-refractivity contribution in [3.63, 3.8) is 0 Å². The first kappa shape index (κ1) is 15.6. The minimum atomic E-state index is 0.0864. The smallest absolute Gasteiger partial charge is 0.224 e. The first-order chi connectivity index (χ1) is 10.1. The summed E-state index contributed by atoms with van der Waals surface area (Å²) in [6.07, 6.45) is 1.45. The molecule has 0 atom stereocenters. The second-order valence-corrected chi connectivity index (χ2v) is 6.35. The second-order valence-electron chi connectivity index (χ2n) is 5.18. The number of thioether (sulfide) groups is 1. The van der Waals surface area contributed by atoms with E-state index in [9.17, 15) is 4.79 Å². The van der Waals surface area contributed by atoms with Gasteiger partial charge in [-0.2, -0.15) is 0 Å². The fourth-order valence-corrected chi connectivity index (χ4v) is 2.77. The van der Waals surface area contributed by atoms with Gasteiger partial charge in [0.25, 0.3) is 0 Å². The van der Waals surface area contributed by atoms with Crippen molar-refractivity contribution in [3.05, 3.63) is 59.7 Å². The molecule has 0 radical (unpaired) electrons. The number of hydrogen-bond acceptors (Lipinski definition) is 2. The quantitative estimate of drug-likeness (QED) is 0.612. The average Bonchev–Trinajstić information content (AvgIpc) is 2.48. The summed E-state index contributed by atoms with van der Waals surface area (Å²) < 4.78 is 0. The number of nitrogens with one attached hydrogen (secondary N) is 1. The molecule has 1 N–H and O–H groups in total. The van der Waals surface area contributed by atoms with Crippen LogP contribution in [0.5, 0.6) is 0 Å². The second kappa shape index (κ2) is 7.89. The van der Waals surface area contributed by atoms with Crippen LogP contribution in [0.4, 0.5) is 5.69 Å². The van der Waals surface area contributed by atoms with Crippen molar-refractivity contribution in [2.45, 2.75) is 31.6 Å². The van der Waals surface area contributed by atoms with Gasteiger partial charge in [-0.25, -0.2) is 0 Å². The SMILES string of the molecule is Cc1ccc(NC(=O)CCCSc2ccc(C)cc2)cc1. The van der Waals surface area contributed by atoms with Crippen molar-refractivity contribution < 1.29 is 4.79 Å². The Morgan fingerprint density at radius 1 is 0.952 bits per heavy atom. The van der Waals surface area contributed by atoms with Crippen LogP contribution in [0.25, 0.3) is 0 Å². The highest BCUT2D eigenvalue weighted by Crippen LogP contribution is 2.19. The average molecular weight is 299 g/mol. The van der Waals surface area contributed by atoms with Crippen LogP contribution in [0.2, 0.25) is 0 Å². The summed E-state index contributed by atoms with van der Waals surface area (Å²) >= 11 is 1.80. The minimum Gasteiger partial charge on any atom is -0.326 e. The van der Waals surface area contributed by atoms with Crippen LogP contribution in [0.15, 0.2) is 53.4 Å². The molecule has 2 aromatic carbocycles. The van der Waals surface area contributed by atoms with Crippen LogP contribution in [0, 0.1) is 13.8 Å². The lowest BCUT2D eigenvalue weighted by atomic mass is 10.2. The van der Waals surface area contributed by atoms with Gasteiger partial charge in [-0.15, -0.1) is 11.8 Å². The van der Waals surface area contributed by atoms with Gasteiger partial charge < -0.3 is 5.32 Å². The van der Waals surface area contributed by atoms with E-state index in [1.807, 2.05) is 31.2 Å². The van der Waals surface area contributed by atoms with Crippen LogP contribution in [-0.2, 0) is 4.79 Å². The molecular weight excluding hydrogens is 278 g/mol. The topological polar surface area (TPSA) is 29.1 Å². The zero-order chi connectivity index (χ0) is 15.1. The van der Waals surface area contributed by atoms with Crippen LogP contribution >= 0.6 is 11.8 Å². The highest BCUT2D eigenvalue weighted by atomic mass is 32.2. The van der Waals surface area contributed by atoms with Gasteiger partial charge in [-0.05, 0) is 50.3 Å². The Balaban J connectivity index is 1.67. The van der Waals surface area contributed by atoms with E-state index in [1.54, 1.807) is 11.8 Å². The molecule has 3 heteroatoms. The Morgan fingerprint density at radius 3 is 2.14 bits per heavy atom. The van der Waals surface area contributed by atoms with E-state index in [2.05, 4.69) is 36.5 Å². The number of amides is 1. The van der Waals surface area contributed by atoms with Crippen molar-refractivity contribution in [2.24, 2.45) is 0 Å². The maximum Gasteiger partial charge on any atom is 0.224 e. The molecule has 0 heterocycles. The van der Waals surface area contributed by atoms with E-state index in [-0.39, 0.29) is 5.91 Å². The maximum atomic E-state index is 11.8. The van der Waals surface area contributed by atoms with Gasteiger partial charge in [0.15, 0.2) is 0 Å². The summed E-state index contributed by atoms with van der Waals surface area (Å²) in [6.45, 7) is 4.12. The summed E-state index contributed by atoms with van der Waals surface area (Å²) in [5.41, 5.74) is 3.34. The number of anilines is 1. The van der Waals surface area contributed by atoms with Crippen LogP contribution < -0.4 is 5.32 Å². The fourth-order valence-electron chi connectivity index (χ4n) is 1.92. The molecule has 0 aliphatic heterocycles. The Morgan fingerprint density at radius 2 is 1.52 bits per heavy atom. The summed E-state index contributed by atoms with van der Waals surface area (Å²) in [5, 5.41) is 2.93. The van der Waals surface area contributed by atoms with Crippen LogP contribution in [0.3, 0.4) is 0 Å². The lowest BCUT2D eigenvalue weighted by Crippen LogP contribution is -2.11. The lowest BCUT2D eigenvalue weighted by molar-refractivity contribution is -0.116. The molecule has 2 aromatic rings. The number of hydrogen-bond donors (Lipinski definition) is 1. The van der Waals surface area contributed by atoms with Gasteiger partial charge in [0.1, 0.15) is 0 Å². The molecular formula is C18H21NOS. The first-order valence-electron chi connectivity index (χ1n) is 7.19. The first-order valence-corrected chi connectivity index (χ1v) is 8.18. The van der Waals surface area contributed by atoms with Crippen LogP contribution in [0.1, 0.15) is 24.0 Å². The molecule has 0 fully saturated rings. The van der Waals surface area contributed by atoms with Crippen molar-refractivity contribution in [1.82, 2.24) is 0 Å². The van der Waals surface area contributed by atoms with Gasteiger partial charge in [-0.1, -0.05) is 35.4 Å². The third kappa shape index (κ3) is 5.64. The molecule has 0 bridgehead atoms. The van der Waals surface area contributed by atoms with Crippen molar-refractivity contribution in [2.75, 3.05) is 11.1 Å². The molecule has 2 rings (SSSR count). The van der Waals surface area contributed by atoms with E-state index in [1.165, 1.54) is 16.0 Å². The molecule has 0 aliphatic rings. The van der Waals surface area contributed by atoms with E-state index >= 15 is 0 Å². The predicted octanol–water partition coefficient (Wildman–Crippen LogP) is 4.81. The number of rotatable bonds is 6. The molecule has 0 unspecified atom stereocenters. The Kier molecular flexibility index (Phi) is 5.88. The summed E-state index contributed by atoms with van der Waals surface area (Å²) in [5.74, 6) is 1.05. The maximum absolute atomic E-state index is 11.8. The largest absolute Gasteiger partial charge is 0.326 e. The molecule has 0 saturated carbocycles. The minimum absolute atomic E-state index is 0.0864. The molecule has 110 valence electrons. The van der Waals surface area contributed by atoms with Crippen molar-refractivity contribution in [3.8, 4) is 0 Å². The number of aryl methyl sites for hydroxylation is 2. The highest BCUT2D eigenvalue weighted by Gasteiger charge is 2.02. The summed E-state index contributed by atoms with van der Waals surface area (Å²) in [4.78, 5) is 13.1. The van der Waals surface area contributed by atoms with Gasteiger partial charge in [0.2, 0.25) is 5.91 Å². The fraction of sp³-hybridized carbons (Fsp3) is 0.278. The zero-order valence-corrected chi connectivity index (χ0v) is 13.4. The van der Waals surface area contributed by atoms with Crippen molar-refractivity contribution in [1.29, 1.82) is 0 Å². The van der Waals surface area contributed by atoms with Gasteiger partial charge in [0, 0.05) is 17.0 Å². The Bertz CT molecular complexity index is 575. The standard InChI is InChI=1S/C18H21NOS/c1-14-5-9-16(10-6-14)19-18(20)4-3-13-21-17-11-7-15(2)8-12-17/h5-12H,3-4,13H2,1-2H3,(H,19,20). The van der Waals surface area contributed by atoms with E-state index in [0.717, 1.165) is 17.9 Å². The Labute approximate surface area is 131 Å². The van der Waals surface area contributed by atoms with E-state index < -0.39 is 0 Å². The normalized spacial score (nSPS) is 10.4. The van der Waals surface area contributed by atoms with Gasteiger partial charge in [0.05, 0.1) is 0 Å². The molecule has 21 heavy (non-hydrogen) atoms. The lowest BCUT2D eigenvalue weighted by Gasteiger charge is -2.06. The molecule has 1 amide bonds. The third-order valence-corrected chi connectivity index (χ3v) is 4.27.